The normalized spacial score (nSPS) is 12.2. The van der Waals surface area contributed by atoms with Gasteiger partial charge in [0.25, 0.3) is 5.91 Å². The number of carbonyl (C=O) groups excluding carboxylic acids is 2. The Morgan fingerprint density at radius 1 is 0.941 bits per heavy atom. The summed E-state index contributed by atoms with van der Waals surface area (Å²) in [7, 11) is 0. The first-order valence-corrected chi connectivity index (χ1v) is 12.1. The van der Waals surface area contributed by atoms with Gasteiger partial charge < -0.3 is 9.30 Å². The van der Waals surface area contributed by atoms with Gasteiger partial charge in [-0.1, -0.05) is 61.5 Å². The number of thiazole rings is 1. The second-order valence-electron chi connectivity index (χ2n) is 9.06. The van der Waals surface area contributed by atoms with Gasteiger partial charge >= 0.3 is 5.97 Å². The van der Waals surface area contributed by atoms with Gasteiger partial charge in [-0.05, 0) is 55.7 Å². The van der Waals surface area contributed by atoms with E-state index in [1.807, 2.05) is 22.8 Å². The largest absolute Gasteiger partial charge is 0.456 e. The predicted molar refractivity (Wildman–Crippen MR) is 136 cm³/mol. The van der Waals surface area contributed by atoms with Crippen molar-refractivity contribution in [1.29, 1.82) is 0 Å². The summed E-state index contributed by atoms with van der Waals surface area (Å²) in [6, 6.07) is 21.2. The number of ether oxygens (including phenoxy) is 1. The number of aryl methyl sites for hydroxylation is 1. The molecule has 5 nitrogen and oxygen atoms in total. The van der Waals surface area contributed by atoms with Gasteiger partial charge in [0.1, 0.15) is 5.60 Å². The molecule has 0 atom stereocenters. The van der Waals surface area contributed by atoms with E-state index in [4.69, 9.17) is 4.74 Å². The maximum Gasteiger partial charge on any atom is 0.339 e. The molecule has 0 aliphatic rings. The number of amides is 1. The molecular formula is C28H28N2O3S. The standard InChI is InChI=1S/C28H28N2O3S/c1-5-21-18-30(17-20-13-10-12-19-11-6-7-14-22(19)20)27(34-21)29-25(31)23-15-8-9-16-24(23)26(32)33-28(2,3)4/h6-16,18H,5,17H2,1-4H3. The molecule has 0 bridgehead atoms. The molecule has 0 fully saturated rings. The summed E-state index contributed by atoms with van der Waals surface area (Å²) in [5.74, 6) is -0.992. The van der Waals surface area contributed by atoms with Gasteiger partial charge in [-0.2, -0.15) is 4.99 Å². The van der Waals surface area contributed by atoms with Crippen LogP contribution in [0.3, 0.4) is 0 Å². The average molecular weight is 473 g/mol. The number of hydrogen-bond acceptors (Lipinski definition) is 4. The van der Waals surface area contributed by atoms with E-state index in [-0.39, 0.29) is 11.1 Å². The topological polar surface area (TPSA) is 60.7 Å². The van der Waals surface area contributed by atoms with E-state index in [2.05, 4.69) is 42.4 Å². The highest BCUT2D eigenvalue weighted by molar-refractivity contribution is 7.09. The van der Waals surface area contributed by atoms with Gasteiger partial charge in [-0.3, -0.25) is 4.79 Å². The third-order valence-electron chi connectivity index (χ3n) is 5.31. The van der Waals surface area contributed by atoms with Crippen molar-refractivity contribution in [2.75, 3.05) is 0 Å². The lowest BCUT2D eigenvalue weighted by molar-refractivity contribution is 0.00677. The minimum Gasteiger partial charge on any atom is -0.456 e. The Bertz CT molecular complexity index is 1420. The summed E-state index contributed by atoms with van der Waals surface area (Å²) >= 11 is 1.49. The minimum atomic E-state index is -0.657. The number of rotatable bonds is 5. The highest BCUT2D eigenvalue weighted by atomic mass is 32.1. The molecule has 0 saturated carbocycles. The smallest absolute Gasteiger partial charge is 0.339 e. The van der Waals surface area contributed by atoms with Crippen LogP contribution in [0, 0.1) is 0 Å². The molecule has 0 unspecified atom stereocenters. The number of benzene rings is 3. The zero-order valence-electron chi connectivity index (χ0n) is 19.9. The van der Waals surface area contributed by atoms with E-state index in [1.165, 1.54) is 22.1 Å². The van der Waals surface area contributed by atoms with Crippen LogP contribution in [0.5, 0.6) is 0 Å². The molecular weight excluding hydrogens is 444 g/mol. The van der Waals surface area contributed by atoms with Gasteiger partial charge in [-0.25, -0.2) is 4.79 Å². The van der Waals surface area contributed by atoms with Crippen molar-refractivity contribution in [3.05, 3.63) is 99.3 Å². The lowest BCUT2D eigenvalue weighted by Gasteiger charge is -2.20. The number of fused-ring (bicyclic) bond motifs is 1. The molecule has 0 spiro atoms. The molecule has 1 amide bonds. The Morgan fingerprint density at radius 3 is 2.35 bits per heavy atom. The first kappa shape index (κ1) is 23.6. The van der Waals surface area contributed by atoms with Gasteiger partial charge in [0, 0.05) is 11.1 Å². The number of hydrogen-bond donors (Lipinski definition) is 0. The molecule has 0 radical (unpaired) electrons. The van der Waals surface area contributed by atoms with E-state index in [1.54, 1.807) is 45.0 Å². The van der Waals surface area contributed by atoms with Crippen molar-refractivity contribution in [2.45, 2.75) is 46.3 Å². The van der Waals surface area contributed by atoms with Crippen LogP contribution in [0.2, 0.25) is 0 Å². The Kier molecular flexibility index (Phi) is 6.80. The SMILES string of the molecule is CCc1cn(Cc2cccc3ccccc23)c(=NC(=O)c2ccccc2C(=O)OC(C)(C)C)s1. The monoisotopic (exact) mass is 472 g/mol. The quantitative estimate of drug-likeness (QED) is 0.334. The van der Waals surface area contributed by atoms with Crippen molar-refractivity contribution in [2.24, 2.45) is 4.99 Å². The Labute approximate surface area is 203 Å². The van der Waals surface area contributed by atoms with E-state index in [0.29, 0.717) is 11.3 Å². The van der Waals surface area contributed by atoms with Crippen molar-refractivity contribution in [1.82, 2.24) is 4.57 Å². The predicted octanol–water partition coefficient (Wildman–Crippen LogP) is 6.01. The molecule has 0 N–H and O–H groups in total. The third-order valence-corrected chi connectivity index (χ3v) is 6.48. The first-order chi connectivity index (χ1) is 16.2. The molecule has 1 aromatic heterocycles. The van der Waals surface area contributed by atoms with Crippen LogP contribution in [0.25, 0.3) is 10.8 Å². The van der Waals surface area contributed by atoms with E-state index in [0.717, 1.165) is 16.9 Å². The van der Waals surface area contributed by atoms with E-state index < -0.39 is 17.5 Å². The number of carbonyl (C=O) groups is 2. The molecule has 1 heterocycles. The van der Waals surface area contributed by atoms with Crippen LogP contribution >= 0.6 is 11.3 Å². The molecule has 3 aromatic carbocycles. The summed E-state index contributed by atoms with van der Waals surface area (Å²) in [4.78, 5) is 32.1. The lowest BCUT2D eigenvalue weighted by atomic mass is 10.0. The van der Waals surface area contributed by atoms with Crippen LogP contribution < -0.4 is 4.80 Å². The molecule has 174 valence electrons. The summed E-state index contributed by atoms with van der Waals surface area (Å²) in [5, 5.41) is 2.35. The van der Waals surface area contributed by atoms with Gasteiger partial charge in [0.2, 0.25) is 0 Å². The second kappa shape index (κ2) is 9.77. The van der Waals surface area contributed by atoms with Crippen LogP contribution in [0.15, 0.2) is 77.9 Å². The fraction of sp³-hybridized carbons (Fsp3) is 0.250. The third kappa shape index (κ3) is 5.34. The average Bonchev–Trinajstić information content (AvgIpc) is 3.19. The molecule has 0 aliphatic heterocycles. The van der Waals surface area contributed by atoms with Crippen LogP contribution in [-0.2, 0) is 17.7 Å². The first-order valence-electron chi connectivity index (χ1n) is 11.3. The molecule has 34 heavy (non-hydrogen) atoms. The molecule has 4 aromatic rings. The Hall–Kier alpha value is -3.51. The Balaban J connectivity index is 1.73. The summed E-state index contributed by atoms with van der Waals surface area (Å²) < 4.78 is 7.51. The van der Waals surface area contributed by atoms with Crippen molar-refractivity contribution in [3.63, 3.8) is 0 Å². The highest BCUT2D eigenvalue weighted by Gasteiger charge is 2.22. The lowest BCUT2D eigenvalue weighted by Crippen LogP contribution is -2.25. The summed E-state index contributed by atoms with van der Waals surface area (Å²) in [5.41, 5.74) is 0.955. The van der Waals surface area contributed by atoms with E-state index in [9.17, 15) is 9.59 Å². The van der Waals surface area contributed by atoms with Crippen molar-refractivity contribution in [3.8, 4) is 0 Å². The number of nitrogens with zero attached hydrogens (tertiary/aromatic N) is 2. The fourth-order valence-corrected chi connectivity index (χ4v) is 4.66. The summed E-state index contributed by atoms with van der Waals surface area (Å²) in [6.07, 6.45) is 2.90. The minimum absolute atomic E-state index is 0.221. The second-order valence-corrected chi connectivity index (χ2v) is 10.2. The maximum absolute atomic E-state index is 13.2. The van der Waals surface area contributed by atoms with Gasteiger partial charge in [0.15, 0.2) is 4.80 Å². The van der Waals surface area contributed by atoms with Crippen molar-refractivity contribution >= 4 is 34.0 Å². The molecule has 4 rings (SSSR count). The molecule has 6 heteroatoms. The van der Waals surface area contributed by atoms with Gasteiger partial charge in [-0.15, -0.1) is 11.3 Å². The highest BCUT2D eigenvalue weighted by Crippen LogP contribution is 2.20. The summed E-state index contributed by atoms with van der Waals surface area (Å²) in [6.45, 7) is 8.07. The van der Waals surface area contributed by atoms with E-state index >= 15 is 0 Å². The Morgan fingerprint density at radius 2 is 1.62 bits per heavy atom. The van der Waals surface area contributed by atoms with Crippen LogP contribution in [0.1, 0.15) is 58.9 Å². The van der Waals surface area contributed by atoms with Crippen LogP contribution in [0.4, 0.5) is 0 Å². The van der Waals surface area contributed by atoms with Crippen molar-refractivity contribution < 1.29 is 14.3 Å². The fourth-order valence-electron chi connectivity index (χ4n) is 3.74. The zero-order valence-corrected chi connectivity index (χ0v) is 20.7. The number of aromatic nitrogens is 1. The van der Waals surface area contributed by atoms with Gasteiger partial charge in [0.05, 0.1) is 17.7 Å². The zero-order chi connectivity index (χ0) is 24.3. The van der Waals surface area contributed by atoms with Crippen LogP contribution in [-0.4, -0.2) is 22.0 Å². The number of esters is 1. The molecule has 0 saturated heterocycles. The maximum atomic E-state index is 13.2. The molecule has 0 aliphatic carbocycles.